The summed E-state index contributed by atoms with van der Waals surface area (Å²) in [4.78, 5) is 3.07. The van der Waals surface area contributed by atoms with Gasteiger partial charge in [-0.3, -0.25) is 5.43 Å². The average molecular weight is 318 g/mol. The maximum Gasteiger partial charge on any atom is 0.197 e. The van der Waals surface area contributed by atoms with Crippen molar-refractivity contribution in [1.29, 1.82) is 0 Å². The summed E-state index contributed by atoms with van der Waals surface area (Å²) in [7, 11) is 0. The zero-order chi connectivity index (χ0) is 14.8. The molecule has 3 N–H and O–H groups in total. The molecule has 0 bridgehead atoms. The highest BCUT2D eigenvalue weighted by Crippen LogP contribution is 2.13. The molecular weight excluding hydrogens is 307 g/mol. The summed E-state index contributed by atoms with van der Waals surface area (Å²) in [5.74, 6) is -0.327. The highest BCUT2D eigenvalue weighted by Gasteiger charge is 2.05. The number of rotatable bonds is 2. The molecule has 21 heavy (non-hydrogen) atoms. The smallest absolute Gasteiger partial charge is 0.197 e. The molecule has 0 atom stereocenters. The van der Waals surface area contributed by atoms with Gasteiger partial charge in [-0.15, -0.1) is 0 Å². The Kier molecular flexibility index (Phi) is 3.68. The topological polar surface area (TPSA) is 44.8 Å². The van der Waals surface area contributed by atoms with Crippen LogP contribution in [0.15, 0.2) is 48.5 Å². The van der Waals surface area contributed by atoms with Gasteiger partial charge in [-0.1, -0.05) is 18.2 Å². The fourth-order valence-electron chi connectivity index (χ4n) is 1.99. The molecule has 106 valence electrons. The van der Waals surface area contributed by atoms with Gasteiger partial charge in [0.05, 0.1) is 11.0 Å². The number of fused-ring (bicyclic) bond motifs is 1. The van der Waals surface area contributed by atoms with Crippen molar-refractivity contribution in [2.75, 3.05) is 10.7 Å². The zero-order valence-corrected chi connectivity index (χ0v) is 12.4. The number of para-hydroxylation sites is 2. The summed E-state index contributed by atoms with van der Waals surface area (Å²) in [5.41, 5.74) is 5.34. The fraction of sp³-hybridized carbons (Fsp3) is 0. The van der Waals surface area contributed by atoms with E-state index in [9.17, 15) is 4.39 Å². The quantitative estimate of drug-likeness (QED) is 0.629. The van der Waals surface area contributed by atoms with E-state index in [4.69, 9.17) is 24.4 Å². The van der Waals surface area contributed by atoms with E-state index in [1.165, 1.54) is 12.1 Å². The number of aromatic amines is 1. The first-order valence-electron chi connectivity index (χ1n) is 6.17. The molecule has 0 radical (unpaired) electrons. The first kappa shape index (κ1) is 13.7. The van der Waals surface area contributed by atoms with Crippen LogP contribution in [-0.2, 0) is 0 Å². The van der Waals surface area contributed by atoms with Gasteiger partial charge >= 0.3 is 0 Å². The molecule has 4 nitrogen and oxygen atoms in total. The Bertz CT molecular complexity index is 869. The van der Waals surface area contributed by atoms with Gasteiger partial charge in [-0.25, -0.2) is 9.07 Å². The van der Waals surface area contributed by atoms with Gasteiger partial charge in [0.25, 0.3) is 0 Å². The summed E-state index contributed by atoms with van der Waals surface area (Å²) < 4.78 is 15.3. The first-order chi connectivity index (χ1) is 10.1. The van der Waals surface area contributed by atoms with E-state index in [1.807, 2.05) is 24.3 Å². The number of H-pyrrole nitrogens is 1. The van der Waals surface area contributed by atoms with Crippen LogP contribution in [-0.4, -0.2) is 14.8 Å². The standard InChI is InChI=1S/C14H11FN4S2/c15-9-4-3-5-10(8-9)16-13(20)18-19-12-7-2-1-6-11(12)17-14(19)21/h1-8H,(H,17,21)(H2,16,18,20). The normalized spacial score (nSPS) is 10.5. The van der Waals surface area contributed by atoms with Crippen LogP contribution in [0.3, 0.4) is 0 Å². The SMILES string of the molecule is Fc1cccc(NC(=S)Nn2c(=S)[nH]c3ccccc32)c1. The molecule has 0 amide bonds. The van der Waals surface area contributed by atoms with Crippen molar-refractivity contribution >= 4 is 46.3 Å². The van der Waals surface area contributed by atoms with Crippen LogP contribution in [0.25, 0.3) is 11.0 Å². The third kappa shape index (κ3) is 2.93. The van der Waals surface area contributed by atoms with Gasteiger partial charge in [-0.05, 0) is 54.8 Å². The first-order valence-corrected chi connectivity index (χ1v) is 6.98. The minimum atomic E-state index is -0.327. The lowest BCUT2D eigenvalue weighted by Gasteiger charge is -2.11. The van der Waals surface area contributed by atoms with Crippen LogP contribution >= 0.6 is 24.4 Å². The summed E-state index contributed by atoms with van der Waals surface area (Å²) in [6, 6.07) is 13.7. The molecule has 1 heterocycles. The third-order valence-corrected chi connectivity index (χ3v) is 3.36. The van der Waals surface area contributed by atoms with Crippen LogP contribution < -0.4 is 10.7 Å². The second kappa shape index (κ2) is 5.63. The molecule has 0 saturated heterocycles. The number of aromatic nitrogens is 2. The Balaban J connectivity index is 1.84. The van der Waals surface area contributed by atoms with Crippen molar-refractivity contribution in [3.63, 3.8) is 0 Å². The molecule has 7 heteroatoms. The largest absolute Gasteiger partial charge is 0.331 e. The van der Waals surface area contributed by atoms with Crippen LogP contribution in [0.4, 0.5) is 10.1 Å². The van der Waals surface area contributed by atoms with Crippen molar-refractivity contribution in [2.45, 2.75) is 0 Å². The molecule has 2 aromatic carbocycles. The Morgan fingerprint density at radius 3 is 2.76 bits per heavy atom. The molecule has 0 aliphatic heterocycles. The number of hydrogen-bond acceptors (Lipinski definition) is 2. The number of halogens is 1. The summed E-state index contributed by atoms with van der Waals surface area (Å²) >= 11 is 10.5. The Hall–Kier alpha value is -2.25. The lowest BCUT2D eigenvalue weighted by molar-refractivity contribution is 0.628. The maximum absolute atomic E-state index is 13.1. The molecule has 0 fully saturated rings. The van der Waals surface area contributed by atoms with Gasteiger partial charge in [-0.2, -0.15) is 0 Å². The molecule has 3 rings (SSSR count). The van der Waals surface area contributed by atoms with Gasteiger partial charge < -0.3 is 10.3 Å². The maximum atomic E-state index is 13.1. The van der Waals surface area contributed by atoms with E-state index in [0.29, 0.717) is 15.6 Å². The number of benzene rings is 2. The Morgan fingerprint density at radius 1 is 1.14 bits per heavy atom. The molecule has 0 aliphatic carbocycles. The van der Waals surface area contributed by atoms with Crippen molar-refractivity contribution in [3.8, 4) is 0 Å². The predicted octanol–water partition coefficient (Wildman–Crippen LogP) is 3.78. The number of nitrogens with zero attached hydrogens (tertiary/aromatic N) is 1. The van der Waals surface area contributed by atoms with Crippen molar-refractivity contribution in [1.82, 2.24) is 9.66 Å². The van der Waals surface area contributed by atoms with E-state index in [1.54, 1.807) is 16.8 Å². The number of hydrogen-bond donors (Lipinski definition) is 3. The van der Waals surface area contributed by atoms with Crippen molar-refractivity contribution in [2.24, 2.45) is 0 Å². The predicted molar refractivity (Wildman–Crippen MR) is 89.1 cm³/mol. The lowest BCUT2D eigenvalue weighted by atomic mass is 10.3. The highest BCUT2D eigenvalue weighted by atomic mass is 32.1. The monoisotopic (exact) mass is 318 g/mol. The highest BCUT2D eigenvalue weighted by molar-refractivity contribution is 7.80. The second-order valence-corrected chi connectivity index (χ2v) is 5.15. The molecule has 0 saturated carbocycles. The Morgan fingerprint density at radius 2 is 1.95 bits per heavy atom. The summed E-state index contributed by atoms with van der Waals surface area (Å²) in [6.45, 7) is 0. The van der Waals surface area contributed by atoms with Crippen LogP contribution in [0.2, 0.25) is 0 Å². The fourth-order valence-corrected chi connectivity index (χ4v) is 2.46. The van der Waals surface area contributed by atoms with Crippen molar-refractivity contribution < 1.29 is 4.39 Å². The minimum Gasteiger partial charge on any atom is -0.331 e. The van der Waals surface area contributed by atoms with E-state index >= 15 is 0 Å². The number of anilines is 1. The van der Waals surface area contributed by atoms with Gasteiger partial charge in [0, 0.05) is 5.69 Å². The number of thiocarbonyl (C=S) groups is 1. The van der Waals surface area contributed by atoms with E-state index in [-0.39, 0.29) is 5.82 Å². The van der Waals surface area contributed by atoms with Crippen LogP contribution in [0, 0.1) is 10.6 Å². The van der Waals surface area contributed by atoms with Crippen molar-refractivity contribution in [3.05, 3.63) is 59.1 Å². The summed E-state index contributed by atoms with van der Waals surface area (Å²) in [5, 5.41) is 3.23. The van der Waals surface area contributed by atoms with Gasteiger partial charge in [0.2, 0.25) is 0 Å². The van der Waals surface area contributed by atoms with Crippen LogP contribution in [0.1, 0.15) is 0 Å². The molecule has 0 spiro atoms. The van der Waals surface area contributed by atoms with Gasteiger partial charge in [0.15, 0.2) is 9.88 Å². The molecule has 3 aromatic rings. The van der Waals surface area contributed by atoms with E-state index in [0.717, 1.165) is 11.0 Å². The summed E-state index contributed by atoms with van der Waals surface area (Å²) in [6.07, 6.45) is 0. The minimum absolute atomic E-state index is 0.321. The molecule has 1 aromatic heterocycles. The Labute approximate surface area is 130 Å². The number of imidazole rings is 1. The van der Waals surface area contributed by atoms with Crippen LogP contribution in [0.5, 0.6) is 0 Å². The van der Waals surface area contributed by atoms with E-state index < -0.39 is 0 Å². The average Bonchev–Trinajstić information content (AvgIpc) is 2.75. The number of nitrogens with one attached hydrogen (secondary N) is 3. The zero-order valence-electron chi connectivity index (χ0n) is 10.8. The molecule has 0 aliphatic rings. The third-order valence-electron chi connectivity index (χ3n) is 2.89. The van der Waals surface area contributed by atoms with E-state index in [2.05, 4.69) is 15.7 Å². The molecular formula is C14H11FN4S2. The molecule has 0 unspecified atom stereocenters. The van der Waals surface area contributed by atoms with Gasteiger partial charge in [0.1, 0.15) is 5.82 Å². The lowest BCUT2D eigenvalue weighted by Crippen LogP contribution is -2.27. The second-order valence-electron chi connectivity index (χ2n) is 4.36.